The molecule has 0 amide bonds. The van der Waals surface area contributed by atoms with Gasteiger partial charge in [0, 0.05) is 18.8 Å². The maximum absolute atomic E-state index is 10.7. The van der Waals surface area contributed by atoms with E-state index < -0.39 is 0 Å². The molecule has 14 heavy (non-hydrogen) atoms. The minimum atomic E-state index is 0.329. The fourth-order valence-corrected chi connectivity index (χ4v) is 1.77. The zero-order valence-electron chi connectivity index (χ0n) is 7.78. The van der Waals surface area contributed by atoms with Gasteiger partial charge in [-0.2, -0.15) is 0 Å². The van der Waals surface area contributed by atoms with Gasteiger partial charge in [0.25, 0.3) is 0 Å². The van der Waals surface area contributed by atoms with Crippen LogP contribution in [0, 0.1) is 6.92 Å². The Morgan fingerprint density at radius 3 is 2.86 bits per heavy atom. The van der Waals surface area contributed by atoms with Gasteiger partial charge in [-0.05, 0) is 6.92 Å². The molecule has 0 aliphatic heterocycles. The van der Waals surface area contributed by atoms with E-state index >= 15 is 0 Å². The van der Waals surface area contributed by atoms with E-state index in [1.807, 2.05) is 7.05 Å². The molecule has 0 saturated heterocycles. The number of carbonyl (C=O) groups is 1. The average Bonchev–Trinajstić information content (AvgIpc) is 2.43. The second kappa shape index (κ2) is 3.06. The van der Waals surface area contributed by atoms with Crippen molar-refractivity contribution in [1.29, 1.82) is 0 Å². The summed E-state index contributed by atoms with van der Waals surface area (Å²) in [5.74, 6) is 0.598. The minimum Gasteiger partial charge on any atom is -0.335 e. The summed E-state index contributed by atoms with van der Waals surface area (Å²) >= 11 is 5.94. The third-order valence-corrected chi connectivity index (χ3v) is 2.31. The molecule has 2 rings (SSSR count). The van der Waals surface area contributed by atoms with Gasteiger partial charge in [0.05, 0.1) is 5.39 Å². The molecule has 0 saturated carbocycles. The number of nitrogens with zero attached hydrogens (tertiary/aromatic N) is 3. The van der Waals surface area contributed by atoms with Crippen molar-refractivity contribution in [2.75, 3.05) is 0 Å². The van der Waals surface area contributed by atoms with Crippen LogP contribution in [0.2, 0.25) is 5.15 Å². The first-order valence-electron chi connectivity index (χ1n) is 4.08. The molecule has 72 valence electrons. The molecule has 0 atom stereocenters. The lowest BCUT2D eigenvalue weighted by Crippen LogP contribution is -1.93. The smallest absolute Gasteiger partial charge is 0.152 e. The predicted octanol–water partition coefficient (Wildman–Crippen LogP) is 1.74. The van der Waals surface area contributed by atoms with E-state index in [1.165, 1.54) is 0 Å². The van der Waals surface area contributed by atoms with Crippen molar-refractivity contribution < 1.29 is 4.79 Å². The van der Waals surface area contributed by atoms with Crippen LogP contribution < -0.4 is 0 Å². The van der Waals surface area contributed by atoms with E-state index in [0.29, 0.717) is 27.6 Å². The Balaban J connectivity index is 2.96. The van der Waals surface area contributed by atoms with E-state index in [0.717, 1.165) is 6.29 Å². The summed E-state index contributed by atoms with van der Waals surface area (Å²) in [4.78, 5) is 19.0. The van der Waals surface area contributed by atoms with E-state index in [2.05, 4.69) is 9.97 Å². The van der Waals surface area contributed by atoms with Gasteiger partial charge < -0.3 is 4.57 Å². The number of hydrogen-bond acceptors (Lipinski definition) is 3. The summed E-state index contributed by atoms with van der Waals surface area (Å²) in [6.07, 6.45) is 2.45. The molecular weight excluding hydrogens is 202 g/mol. The fourth-order valence-electron chi connectivity index (χ4n) is 1.45. The molecule has 0 aromatic carbocycles. The van der Waals surface area contributed by atoms with Gasteiger partial charge in [-0.3, -0.25) is 4.79 Å². The third kappa shape index (κ3) is 1.19. The average molecular weight is 210 g/mol. The van der Waals surface area contributed by atoms with E-state index in [-0.39, 0.29) is 0 Å². The topological polar surface area (TPSA) is 47.8 Å². The Morgan fingerprint density at radius 2 is 2.21 bits per heavy atom. The van der Waals surface area contributed by atoms with Crippen molar-refractivity contribution in [3.05, 3.63) is 22.7 Å². The number of hydrogen-bond donors (Lipinski definition) is 0. The number of aryl methyl sites for hydroxylation is 2. The minimum absolute atomic E-state index is 0.329. The van der Waals surface area contributed by atoms with Gasteiger partial charge >= 0.3 is 0 Å². The third-order valence-electron chi connectivity index (χ3n) is 2.04. The molecule has 0 N–H and O–H groups in total. The number of rotatable bonds is 1. The lowest BCUT2D eigenvalue weighted by molar-refractivity contribution is 0.112. The summed E-state index contributed by atoms with van der Waals surface area (Å²) in [6, 6.07) is 0. The van der Waals surface area contributed by atoms with Gasteiger partial charge in [-0.25, -0.2) is 9.97 Å². The first-order chi connectivity index (χ1) is 6.63. The molecule has 0 aliphatic rings. The second-order valence-corrected chi connectivity index (χ2v) is 3.43. The SMILES string of the molecule is Cc1nc(Cl)c2c(C=O)cn(C)c2n1. The highest BCUT2D eigenvalue weighted by atomic mass is 35.5. The van der Waals surface area contributed by atoms with Crippen LogP contribution in [0.1, 0.15) is 16.2 Å². The molecule has 2 aromatic heterocycles. The van der Waals surface area contributed by atoms with Crippen LogP contribution in [0.15, 0.2) is 6.20 Å². The maximum atomic E-state index is 10.7. The summed E-state index contributed by atoms with van der Waals surface area (Å²) in [5.41, 5.74) is 1.21. The predicted molar refractivity (Wildman–Crippen MR) is 53.6 cm³/mol. The summed E-state index contributed by atoms with van der Waals surface area (Å²) in [5, 5.41) is 0.949. The highest BCUT2D eigenvalue weighted by molar-refractivity contribution is 6.35. The summed E-state index contributed by atoms with van der Waals surface area (Å²) < 4.78 is 1.76. The summed E-state index contributed by atoms with van der Waals surface area (Å²) in [7, 11) is 1.82. The zero-order valence-corrected chi connectivity index (χ0v) is 8.54. The Kier molecular flexibility index (Phi) is 2.00. The monoisotopic (exact) mass is 209 g/mol. The molecule has 0 aliphatic carbocycles. The Labute approximate surface area is 85.5 Å². The first-order valence-corrected chi connectivity index (χ1v) is 4.45. The molecule has 0 bridgehead atoms. The van der Waals surface area contributed by atoms with Crippen LogP contribution >= 0.6 is 11.6 Å². The quantitative estimate of drug-likeness (QED) is 0.531. The number of aromatic nitrogens is 3. The van der Waals surface area contributed by atoms with Gasteiger partial charge in [0.15, 0.2) is 6.29 Å². The van der Waals surface area contributed by atoms with Crippen LogP contribution in [-0.2, 0) is 7.05 Å². The second-order valence-electron chi connectivity index (χ2n) is 3.07. The molecule has 2 aromatic rings. The van der Waals surface area contributed by atoms with Crippen LogP contribution in [0.25, 0.3) is 11.0 Å². The van der Waals surface area contributed by atoms with Crippen LogP contribution in [0.3, 0.4) is 0 Å². The molecule has 5 heteroatoms. The molecule has 0 radical (unpaired) electrons. The number of fused-ring (bicyclic) bond motifs is 1. The molecule has 4 nitrogen and oxygen atoms in total. The standard InChI is InChI=1S/C9H8ClN3O/c1-5-11-8(10)7-6(4-14)3-13(2)9(7)12-5/h3-4H,1-2H3. The highest BCUT2D eigenvalue weighted by Crippen LogP contribution is 2.24. The van der Waals surface area contributed by atoms with Gasteiger partial charge in [0.1, 0.15) is 16.6 Å². The molecule has 0 spiro atoms. The number of halogens is 1. The molecular formula is C9H8ClN3O. The van der Waals surface area contributed by atoms with Crippen molar-refractivity contribution in [2.24, 2.45) is 7.05 Å². The molecule has 0 unspecified atom stereocenters. The van der Waals surface area contributed by atoms with Crippen molar-refractivity contribution in [1.82, 2.24) is 14.5 Å². The Morgan fingerprint density at radius 1 is 1.50 bits per heavy atom. The molecule has 2 heterocycles. The van der Waals surface area contributed by atoms with Crippen LogP contribution in [-0.4, -0.2) is 20.8 Å². The van der Waals surface area contributed by atoms with Gasteiger partial charge in [0.2, 0.25) is 0 Å². The fraction of sp³-hybridized carbons (Fsp3) is 0.222. The maximum Gasteiger partial charge on any atom is 0.152 e. The number of aldehydes is 1. The Hall–Kier alpha value is -1.42. The normalized spacial score (nSPS) is 10.8. The van der Waals surface area contributed by atoms with Crippen LogP contribution in [0.5, 0.6) is 0 Å². The van der Waals surface area contributed by atoms with E-state index in [9.17, 15) is 4.79 Å². The molecule has 0 fully saturated rings. The van der Waals surface area contributed by atoms with E-state index in [4.69, 9.17) is 11.6 Å². The van der Waals surface area contributed by atoms with Crippen LogP contribution in [0.4, 0.5) is 0 Å². The van der Waals surface area contributed by atoms with Crippen molar-refractivity contribution in [3.63, 3.8) is 0 Å². The van der Waals surface area contributed by atoms with Gasteiger partial charge in [-0.15, -0.1) is 0 Å². The first kappa shape index (κ1) is 9.15. The Bertz CT molecular complexity index is 518. The zero-order chi connectivity index (χ0) is 10.3. The van der Waals surface area contributed by atoms with Gasteiger partial charge in [-0.1, -0.05) is 11.6 Å². The highest BCUT2D eigenvalue weighted by Gasteiger charge is 2.12. The van der Waals surface area contributed by atoms with Crippen molar-refractivity contribution >= 4 is 28.9 Å². The van der Waals surface area contributed by atoms with Crippen molar-refractivity contribution in [3.8, 4) is 0 Å². The lowest BCUT2D eigenvalue weighted by Gasteiger charge is -1.98. The van der Waals surface area contributed by atoms with E-state index in [1.54, 1.807) is 17.7 Å². The lowest BCUT2D eigenvalue weighted by atomic mass is 10.3. The van der Waals surface area contributed by atoms with Crippen molar-refractivity contribution in [2.45, 2.75) is 6.92 Å². The summed E-state index contributed by atoms with van der Waals surface area (Å²) in [6.45, 7) is 1.76. The largest absolute Gasteiger partial charge is 0.335 e. The number of carbonyl (C=O) groups excluding carboxylic acids is 1.